The second-order valence-corrected chi connectivity index (χ2v) is 9.77. The normalized spacial score (nSPS) is 11.0. The Hall–Kier alpha value is -1.05. The predicted molar refractivity (Wildman–Crippen MR) is 107 cm³/mol. The smallest absolute Gasteiger partial charge is 0.418 e. The van der Waals surface area contributed by atoms with E-state index < -0.39 is 7.25 Å². The number of hydrogen-bond donors (Lipinski definition) is 0. The summed E-state index contributed by atoms with van der Waals surface area (Å²) in [5.74, 6) is 0. The summed E-state index contributed by atoms with van der Waals surface area (Å²) in [6.07, 6.45) is 12.5. The van der Waals surface area contributed by atoms with Crippen molar-refractivity contribution in [3.8, 4) is 0 Å². The molecule has 0 nitrogen and oxygen atoms in total. The molecule has 0 saturated heterocycles. The predicted octanol–water partition coefficient (Wildman–Crippen LogP) is 4.80. The van der Waals surface area contributed by atoms with Crippen LogP contribution >= 0.6 is 0 Å². The minimum atomic E-state index is -6.00. The molecule has 2 aromatic carbocycles. The molecule has 0 radical (unpaired) electrons. The number of halogens is 5. The van der Waals surface area contributed by atoms with Crippen molar-refractivity contribution in [3.63, 3.8) is 0 Å². The number of hydrogen-bond acceptors (Lipinski definition) is 0. The van der Waals surface area contributed by atoms with E-state index in [-0.39, 0.29) is 21.2 Å². The summed E-state index contributed by atoms with van der Waals surface area (Å²) in [5, 5.41) is 0. The van der Waals surface area contributed by atoms with Gasteiger partial charge in [-0.25, -0.2) is 0 Å². The average molecular weight is 508 g/mol. The van der Waals surface area contributed by atoms with Crippen molar-refractivity contribution in [3.05, 3.63) is 67.3 Å². The minimum absolute atomic E-state index is 0.0116. The van der Waals surface area contributed by atoms with Crippen molar-refractivity contribution in [1.82, 2.24) is 0 Å². The third-order valence-corrected chi connectivity index (χ3v) is 6.87. The Morgan fingerprint density at radius 1 is 0.643 bits per heavy atom. The average Bonchev–Trinajstić information content (AvgIpc) is 2.65. The monoisotopic (exact) mass is 508 g/mol. The first kappa shape index (κ1) is 25.0. The van der Waals surface area contributed by atoms with E-state index in [1.807, 2.05) is 0 Å². The second kappa shape index (κ2) is 14.9. The zero-order valence-electron chi connectivity index (χ0n) is 16.5. The van der Waals surface area contributed by atoms with E-state index in [1.54, 1.807) is 0 Å². The lowest BCUT2D eigenvalue weighted by atomic mass is 10.0. The Bertz CT molecular complexity index is 609. The standard InChI is InChI=1S/C22H30I.BF4/c1-2-3-4-5-6-7-8-10-13-20-16-18-22(19-17-20)23-21-14-11-9-12-15-21;2-1(3,4)5/h9,11-12,14-19H,2-8,10,13H2,1H3;/q+1;-1. The van der Waals surface area contributed by atoms with Crippen LogP contribution in [0.4, 0.5) is 17.3 Å². The Kier molecular flexibility index (Phi) is 13.3. The number of rotatable bonds is 11. The molecule has 6 heteroatoms. The van der Waals surface area contributed by atoms with E-state index in [4.69, 9.17) is 0 Å². The minimum Gasteiger partial charge on any atom is -0.418 e. The van der Waals surface area contributed by atoms with E-state index >= 15 is 0 Å². The Balaban J connectivity index is 0.000000696. The lowest BCUT2D eigenvalue weighted by molar-refractivity contribution is -0.597. The van der Waals surface area contributed by atoms with E-state index in [1.165, 1.54) is 70.5 Å². The highest BCUT2D eigenvalue weighted by Gasteiger charge is 2.20. The summed E-state index contributed by atoms with van der Waals surface area (Å²) in [5.41, 5.74) is 1.51. The summed E-state index contributed by atoms with van der Waals surface area (Å²) < 4.78 is 42.0. The number of benzene rings is 2. The molecular formula is C22H30BF4I. The van der Waals surface area contributed by atoms with Gasteiger partial charge in [-0.1, -0.05) is 82.2 Å². The van der Waals surface area contributed by atoms with Gasteiger partial charge >= 0.3 is 28.5 Å². The van der Waals surface area contributed by atoms with Gasteiger partial charge in [0.25, 0.3) is 0 Å². The van der Waals surface area contributed by atoms with Crippen molar-refractivity contribution >= 4 is 7.25 Å². The van der Waals surface area contributed by atoms with Crippen molar-refractivity contribution in [2.24, 2.45) is 0 Å². The molecule has 0 unspecified atom stereocenters. The van der Waals surface area contributed by atoms with Gasteiger partial charge in [0.1, 0.15) is 0 Å². The highest BCUT2D eigenvalue weighted by molar-refractivity contribution is 6.50. The van der Waals surface area contributed by atoms with E-state index in [0.717, 1.165) is 0 Å². The molecule has 2 aromatic rings. The van der Waals surface area contributed by atoms with Crippen LogP contribution in [-0.4, -0.2) is 7.25 Å². The van der Waals surface area contributed by atoms with Crippen molar-refractivity contribution in [2.75, 3.05) is 0 Å². The van der Waals surface area contributed by atoms with Crippen LogP contribution in [-0.2, 0) is 6.42 Å². The van der Waals surface area contributed by atoms with Crippen LogP contribution in [0, 0.1) is 7.14 Å². The number of unbranched alkanes of at least 4 members (excludes halogenated alkanes) is 7. The highest BCUT2D eigenvalue weighted by atomic mass is 127. The quantitative estimate of drug-likeness (QED) is 0.177. The molecular weight excluding hydrogens is 478 g/mol. The molecule has 28 heavy (non-hydrogen) atoms. The Morgan fingerprint density at radius 3 is 1.64 bits per heavy atom. The molecule has 0 spiro atoms. The SMILES string of the molecule is CCCCCCCCCCc1ccc([I+]c2ccccc2)cc1.F[B-](F)(F)F. The summed E-state index contributed by atoms with van der Waals surface area (Å²) in [4.78, 5) is 0. The van der Waals surface area contributed by atoms with Gasteiger partial charge in [0, 0.05) is 0 Å². The van der Waals surface area contributed by atoms with E-state index in [9.17, 15) is 17.3 Å². The second-order valence-electron chi connectivity index (χ2n) is 6.74. The van der Waals surface area contributed by atoms with Crippen molar-refractivity contribution < 1.29 is 38.5 Å². The molecule has 0 bridgehead atoms. The molecule has 156 valence electrons. The van der Waals surface area contributed by atoms with Gasteiger partial charge in [-0.2, -0.15) is 0 Å². The van der Waals surface area contributed by atoms with Gasteiger partial charge in [0.2, 0.25) is 0 Å². The fourth-order valence-electron chi connectivity index (χ4n) is 2.78. The first-order chi connectivity index (χ1) is 13.4. The maximum Gasteiger partial charge on any atom is 0.673 e. The fraction of sp³-hybridized carbons (Fsp3) is 0.455. The van der Waals surface area contributed by atoms with Crippen LogP contribution in [0.2, 0.25) is 0 Å². The van der Waals surface area contributed by atoms with Crippen molar-refractivity contribution in [1.29, 1.82) is 0 Å². The van der Waals surface area contributed by atoms with Crippen LogP contribution in [0.1, 0.15) is 63.9 Å². The lowest BCUT2D eigenvalue weighted by Crippen LogP contribution is -3.61. The maximum absolute atomic E-state index is 9.75. The topological polar surface area (TPSA) is 0 Å². The third-order valence-electron chi connectivity index (χ3n) is 4.18. The van der Waals surface area contributed by atoms with Crippen LogP contribution < -0.4 is 21.2 Å². The summed E-state index contributed by atoms with van der Waals surface area (Å²) in [6.45, 7) is 2.28. The first-order valence-corrected chi connectivity index (χ1v) is 12.2. The van der Waals surface area contributed by atoms with Gasteiger partial charge in [-0.3, -0.25) is 0 Å². The molecule has 0 aliphatic heterocycles. The lowest BCUT2D eigenvalue weighted by Gasteiger charge is -2.02. The molecule has 0 aliphatic rings. The van der Waals surface area contributed by atoms with Gasteiger partial charge in [-0.15, -0.1) is 0 Å². The van der Waals surface area contributed by atoms with Crippen LogP contribution in [0.15, 0.2) is 54.6 Å². The summed E-state index contributed by atoms with van der Waals surface area (Å²) in [7, 11) is -6.00. The van der Waals surface area contributed by atoms with Gasteiger partial charge in [0.15, 0.2) is 7.14 Å². The van der Waals surface area contributed by atoms with E-state index in [0.29, 0.717) is 0 Å². The molecule has 0 heterocycles. The summed E-state index contributed by atoms with van der Waals surface area (Å²) >= 11 is -0.0116. The molecule has 0 amide bonds. The third kappa shape index (κ3) is 14.9. The molecule has 0 aliphatic carbocycles. The fourth-order valence-corrected chi connectivity index (χ4v) is 4.99. The Morgan fingerprint density at radius 2 is 1.11 bits per heavy atom. The van der Waals surface area contributed by atoms with Gasteiger partial charge in [0.05, 0.1) is 0 Å². The summed E-state index contributed by atoms with van der Waals surface area (Å²) in [6, 6.07) is 20.3. The van der Waals surface area contributed by atoms with Gasteiger partial charge < -0.3 is 17.3 Å². The molecule has 0 aromatic heterocycles. The van der Waals surface area contributed by atoms with Gasteiger partial charge in [-0.05, 0) is 42.7 Å². The Labute approximate surface area is 177 Å². The molecule has 0 fully saturated rings. The molecule has 0 atom stereocenters. The van der Waals surface area contributed by atoms with Crippen LogP contribution in [0.5, 0.6) is 0 Å². The van der Waals surface area contributed by atoms with Crippen molar-refractivity contribution in [2.45, 2.75) is 64.7 Å². The highest BCUT2D eigenvalue weighted by Crippen LogP contribution is 2.11. The van der Waals surface area contributed by atoms with E-state index in [2.05, 4.69) is 61.5 Å². The molecule has 0 saturated carbocycles. The zero-order chi connectivity index (χ0) is 20.7. The largest absolute Gasteiger partial charge is 0.673 e. The number of aryl methyl sites for hydroxylation is 1. The first-order valence-electron chi connectivity index (χ1n) is 10.0. The zero-order valence-corrected chi connectivity index (χ0v) is 18.7. The maximum atomic E-state index is 9.75. The van der Waals surface area contributed by atoms with Crippen LogP contribution in [0.25, 0.3) is 0 Å². The molecule has 0 N–H and O–H groups in total. The van der Waals surface area contributed by atoms with Crippen LogP contribution in [0.3, 0.4) is 0 Å². The molecule has 2 rings (SSSR count).